The lowest BCUT2D eigenvalue weighted by Gasteiger charge is -2.40. The van der Waals surface area contributed by atoms with Gasteiger partial charge in [-0.05, 0) is 43.3 Å². The Kier molecular flexibility index (Phi) is 5.28. The van der Waals surface area contributed by atoms with Gasteiger partial charge in [-0.2, -0.15) is 0 Å². The van der Waals surface area contributed by atoms with Crippen LogP contribution in [0.5, 0.6) is 0 Å². The molecule has 28 heavy (non-hydrogen) atoms. The number of piperazine rings is 1. The number of anilines is 2. The number of rotatable bonds is 4. The minimum Gasteiger partial charge on any atom is -0.351 e. The minimum atomic E-state index is 0.0420. The molecule has 0 saturated carbocycles. The maximum atomic E-state index is 12.6. The maximum Gasteiger partial charge on any atom is 0.238 e. The molecule has 1 aromatic carbocycles. The largest absolute Gasteiger partial charge is 0.351 e. The van der Waals surface area contributed by atoms with Gasteiger partial charge in [0, 0.05) is 31.4 Å². The molecule has 4 rings (SSSR count). The van der Waals surface area contributed by atoms with Crippen LogP contribution in [0.3, 0.4) is 0 Å². The Labute approximate surface area is 169 Å². The van der Waals surface area contributed by atoms with Gasteiger partial charge in [-0.3, -0.25) is 9.69 Å². The van der Waals surface area contributed by atoms with E-state index in [0.29, 0.717) is 6.54 Å². The highest BCUT2D eigenvalue weighted by molar-refractivity contribution is 7.16. The Morgan fingerprint density at radius 1 is 1.21 bits per heavy atom. The number of para-hydroxylation sites is 1. The number of aryl methyl sites for hydroxylation is 2. The molecule has 7 heteroatoms. The van der Waals surface area contributed by atoms with E-state index in [4.69, 9.17) is 0 Å². The first-order valence-corrected chi connectivity index (χ1v) is 10.4. The van der Waals surface area contributed by atoms with Gasteiger partial charge < -0.3 is 10.2 Å². The molecule has 0 spiro atoms. The highest BCUT2D eigenvalue weighted by atomic mass is 32.1. The topological polar surface area (TPSA) is 61.4 Å². The second-order valence-corrected chi connectivity index (χ2v) is 8.32. The highest BCUT2D eigenvalue weighted by Crippen LogP contribution is 2.29. The number of thiophene rings is 1. The fourth-order valence-corrected chi connectivity index (χ4v) is 4.62. The van der Waals surface area contributed by atoms with Gasteiger partial charge >= 0.3 is 0 Å². The van der Waals surface area contributed by atoms with Crippen molar-refractivity contribution in [3.05, 3.63) is 47.1 Å². The molecule has 0 radical (unpaired) electrons. The van der Waals surface area contributed by atoms with Crippen LogP contribution in [0.4, 0.5) is 11.5 Å². The number of carbonyl (C=O) groups is 1. The fourth-order valence-electron chi connectivity index (χ4n) is 3.89. The van der Waals surface area contributed by atoms with Crippen molar-refractivity contribution in [2.75, 3.05) is 36.4 Å². The third-order valence-corrected chi connectivity index (χ3v) is 6.16. The summed E-state index contributed by atoms with van der Waals surface area (Å²) in [5, 5.41) is 6.26. The van der Waals surface area contributed by atoms with Crippen LogP contribution in [0, 0.1) is 13.8 Å². The molecular formula is C21H25N5OS. The van der Waals surface area contributed by atoms with E-state index in [-0.39, 0.29) is 11.9 Å². The zero-order valence-corrected chi connectivity index (χ0v) is 17.3. The summed E-state index contributed by atoms with van der Waals surface area (Å²) in [6.07, 6.45) is 1.64. The zero-order chi connectivity index (χ0) is 19.7. The molecule has 1 unspecified atom stereocenters. The zero-order valence-electron chi connectivity index (χ0n) is 16.5. The van der Waals surface area contributed by atoms with Crippen LogP contribution in [0.1, 0.15) is 18.1 Å². The van der Waals surface area contributed by atoms with E-state index < -0.39 is 0 Å². The number of amides is 1. The van der Waals surface area contributed by atoms with Gasteiger partial charge in [-0.25, -0.2) is 9.97 Å². The Morgan fingerprint density at radius 2 is 2.00 bits per heavy atom. The van der Waals surface area contributed by atoms with Crippen LogP contribution < -0.4 is 10.2 Å². The lowest BCUT2D eigenvalue weighted by Crippen LogP contribution is -2.53. The van der Waals surface area contributed by atoms with Gasteiger partial charge in [0.1, 0.15) is 17.0 Å². The second kappa shape index (κ2) is 7.85. The molecule has 1 aliphatic rings. The van der Waals surface area contributed by atoms with Crippen molar-refractivity contribution in [2.24, 2.45) is 0 Å². The van der Waals surface area contributed by atoms with Crippen molar-refractivity contribution < 1.29 is 4.79 Å². The summed E-state index contributed by atoms with van der Waals surface area (Å²) in [6, 6.07) is 8.43. The molecule has 1 amide bonds. The Hall–Kier alpha value is -2.51. The first-order chi connectivity index (χ1) is 13.5. The Bertz CT molecular complexity index is 981. The molecule has 6 nitrogen and oxygen atoms in total. The van der Waals surface area contributed by atoms with E-state index in [1.165, 1.54) is 0 Å². The van der Waals surface area contributed by atoms with E-state index in [1.807, 2.05) is 32.0 Å². The van der Waals surface area contributed by atoms with Crippen LogP contribution in [0.2, 0.25) is 0 Å². The van der Waals surface area contributed by atoms with Crippen LogP contribution in [0.15, 0.2) is 36.0 Å². The average molecular weight is 396 g/mol. The summed E-state index contributed by atoms with van der Waals surface area (Å²) in [7, 11) is 0. The Balaban J connectivity index is 1.40. The standard InChI is InChI=1S/C21H25N5OS/c1-14-5-4-6-15(2)19(14)24-18(27)12-25-8-9-26(16(3)11-25)20-17-7-10-28-21(17)23-13-22-20/h4-7,10,13,16H,8-9,11-12H2,1-3H3,(H,24,27). The first kappa shape index (κ1) is 18.8. The average Bonchev–Trinajstić information content (AvgIpc) is 3.14. The van der Waals surface area contributed by atoms with Crippen LogP contribution in [-0.4, -0.2) is 53.0 Å². The molecule has 1 fully saturated rings. The predicted octanol–water partition coefficient (Wildman–Crippen LogP) is 3.46. The molecule has 1 N–H and O–H groups in total. The van der Waals surface area contributed by atoms with Gasteiger partial charge in [-0.15, -0.1) is 11.3 Å². The fraction of sp³-hybridized carbons (Fsp3) is 0.381. The van der Waals surface area contributed by atoms with E-state index in [1.54, 1.807) is 17.7 Å². The van der Waals surface area contributed by atoms with Gasteiger partial charge in [-0.1, -0.05) is 18.2 Å². The highest BCUT2D eigenvalue weighted by Gasteiger charge is 2.27. The van der Waals surface area contributed by atoms with E-state index in [0.717, 1.165) is 52.5 Å². The van der Waals surface area contributed by atoms with Crippen molar-refractivity contribution in [1.82, 2.24) is 14.9 Å². The number of benzene rings is 1. The van der Waals surface area contributed by atoms with Gasteiger partial charge in [0.25, 0.3) is 0 Å². The van der Waals surface area contributed by atoms with Crippen molar-refractivity contribution in [3.8, 4) is 0 Å². The van der Waals surface area contributed by atoms with Crippen LogP contribution in [0.25, 0.3) is 10.2 Å². The van der Waals surface area contributed by atoms with E-state index in [2.05, 4.69) is 43.5 Å². The monoisotopic (exact) mass is 395 g/mol. The third kappa shape index (κ3) is 3.72. The quantitative estimate of drug-likeness (QED) is 0.733. The lowest BCUT2D eigenvalue weighted by atomic mass is 10.1. The van der Waals surface area contributed by atoms with Crippen molar-refractivity contribution in [3.63, 3.8) is 0 Å². The van der Waals surface area contributed by atoms with Crippen LogP contribution >= 0.6 is 11.3 Å². The van der Waals surface area contributed by atoms with Gasteiger partial charge in [0.05, 0.1) is 11.9 Å². The molecule has 2 aromatic heterocycles. The summed E-state index contributed by atoms with van der Waals surface area (Å²) < 4.78 is 0. The molecule has 3 aromatic rings. The maximum absolute atomic E-state index is 12.6. The molecule has 3 heterocycles. The second-order valence-electron chi connectivity index (χ2n) is 7.43. The lowest BCUT2D eigenvalue weighted by molar-refractivity contribution is -0.117. The molecule has 1 atom stereocenters. The summed E-state index contributed by atoms with van der Waals surface area (Å²) in [4.78, 5) is 27.1. The minimum absolute atomic E-state index is 0.0420. The number of fused-ring (bicyclic) bond motifs is 1. The molecular weight excluding hydrogens is 370 g/mol. The molecule has 146 valence electrons. The number of carbonyl (C=O) groups excluding carboxylic acids is 1. The van der Waals surface area contributed by atoms with E-state index >= 15 is 0 Å². The normalized spacial score (nSPS) is 17.8. The SMILES string of the molecule is Cc1cccc(C)c1NC(=O)CN1CCN(c2ncnc3sccc23)C(C)C1. The molecule has 0 aliphatic carbocycles. The number of hydrogen-bond acceptors (Lipinski definition) is 6. The van der Waals surface area contributed by atoms with Gasteiger partial charge in [0.15, 0.2) is 0 Å². The third-order valence-electron chi connectivity index (χ3n) is 5.34. The van der Waals surface area contributed by atoms with Crippen molar-refractivity contribution in [1.29, 1.82) is 0 Å². The number of aromatic nitrogens is 2. The summed E-state index contributed by atoms with van der Waals surface area (Å²) in [5.41, 5.74) is 3.12. The summed E-state index contributed by atoms with van der Waals surface area (Å²) in [5.74, 6) is 1.04. The predicted molar refractivity (Wildman–Crippen MR) is 115 cm³/mol. The molecule has 0 bridgehead atoms. The molecule has 1 aliphatic heterocycles. The number of hydrogen-bond donors (Lipinski definition) is 1. The summed E-state index contributed by atoms with van der Waals surface area (Å²) >= 11 is 1.64. The molecule has 1 saturated heterocycles. The van der Waals surface area contributed by atoms with E-state index in [9.17, 15) is 4.79 Å². The number of nitrogens with one attached hydrogen (secondary N) is 1. The van der Waals surface area contributed by atoms with Crippen LogP contribution in [-0.2, 0) is 4.79 Å². The van der Waals surface area contributed by atoms with Gasteiger partial charge in [0.2, 0.25) is 5.91 Å². The smallest absolute Gasteiger partial charge is 0.238 e. The van der Waals surface area contributed by atoms with Crippen molar-refractivity contribution >= 4 is 39.0 Å². The van der Waals surface area contributed by atoms with Crippen molar-refractivity contribution in [2.45, 2.75) is 26.8 Å². The summed E-state index contributed by atoms with van der Waals surface area (Å²) in [6.45, 7) is 9.15. The first-order valence-electron chi connectivity index (χ1n) is 9.56. The number of nitrogens with zero attached hydrogens (tertiary/aromatic N) is 4. The Morgan fingerprint density at radius 3 is 2.75 bits per heavy atom.